The van der Waals surface area contributed by atoms with Gasteiger partial charge in [0.05, 0.1) is 6.04 Å². The van der Waals surface area contributed by atoms with E-state index in [1.54, 1.807) is 20.8 Å². The van der Waals surface area contributed by atoms with Gasteiger partial charge in [0.25, 0.3) is 5.56 Å². The van der Waals surface area contributed by atoms with Crippen molar-refractivity contribution >= 4 is 29.9 Å². The van der Waals surface area contributed by atoms with Crippen LogP contribution >= 0.6 is 0 Å². The fourth-order valence-corrected chi connectivity index (χ4v) is 4.03. The molecule has 3 rings (SSSR count). The number of hydrogen-bond acceptors (Lipinski definition) is 6. The van der Waals surface area contributed by atoms with Crippen molar-refractivity contribution in [1.29, 1.82) is 0 Å². The number of benzene rings is 1. The summed E-state index contributed by atoms with van der Waals surface area (Å²) >= 11 is 0. The maximum Gasteiger partial charge on any atom is 0.412 e. The molecule has 11 heteroatoms. The molecule has 0 spiro atoms. The highest BCUT2D eigenvalue weighted by Crippen LogP contribution is 2.19. The third-order valence-corrected chi connectivity index (χ3v) is 5.78. The average molecular weight is 515 g/mol. The molecule has 2 heterocycles. The van der Waals surface area contributed by atoms with E-state index in [-0.39, 0.29) is 24.4 Å². The lowest BCUT2D eigenvalue weighted by Crippen LogP contribution is -2.45. The number of amides is 3. The van der Waals surface area contributed by atoms with Crippen molar-refractivity contribution in [3.8, 4) is 0 Å². The molecule has 0 unspecified atom stereocenters. The molecule has 3 N–H and O–H groups in total. The van der Waals surface area contributed by atoms with Gasteiger partial charge >= 0.3 is 6.09 Å². The molecule has 0 radical (unpaired) electrons. The van der Waals surface area contributed by atoms with Crippen LogP contribution in [0.4, 0.5) is 14.9 Å². The number of aromatic nitrogens is 1. The summed E-state index contributed by atoms with van der Waals surface area (Å²) in [5.74, 6) is -1.69. The molecule has 1 aromatic carbocycles. The number of carbonyl (C=O) groups excluding carboxylic acids is 4. The van der Waals surface area contributed by atoms with Crippen LogP contribution in [0.15, 0.2) is 47.4 Å². The lowest BCUT2D eigenvalue weighted by Gasteiger charge is -2.23. The number of nitrogens with zero attached hydrogens (tertiary/aromatic N) is 1. The third kappa shape index (κ3) is 7.73. The number of hydrogen-bond donors (Lipinski definition) is 3. The summed E-state index contributed by atoms with van der Waals surface area (Å²) in [5, 5.41) is 7.72. The highest BCUT2D eigenvalue weighted by molar-refractivity contribution is 5.86. The van der Waals surface area contributed by atoms with E-state index in [0.717, 1.165) is 4.57 Å². The highest BCUT2D eigenvalue weighted by atomic mass is 19.1. The van der Waals surface area contributed by atoms with E-state index in [2.05, 4.69) is 16.0 Å². The summed E-state index contributed by atoms with van der Waals surface area (Å²) < 4.78 is 19.8. The van der Waals surface area contributed by atoms with Gasteiger partial charge in [-0.15, -0.1) is 0 Å². The summed E-state index contributed by atoms with van der Waals surface area (Å²) in [6.07, 6.45) is 1.78. The van der Waals surface area contributed by atoms with Gasteiger partial charge in [0.15, 0.2) is 0 Å². The first-order valence-corrected chi connectivity index (χ1v) is 12.0. The molecule has 0 aliphatic carbocycles. The third-order valence-electron chi connectivity index (χ3n) is 5.78. The van der Waals surface area contributed by atoms with Crippen LogP contribution in [-0.4, -0.2) is 46.9 Å². The second kappa shape index (κ2) is 11.8. The Bertz CT molecular complexity index is 1200. The Morgan fingerprint density at radius 3 is 2.51 bits per heavy atom. The van der Waals surface area contributed by atoms with Crippen LogP contribution in [0, 0.1) is 11.7 Å². The number of ether oxygens (including phenoxy) is 1. The molecule has 198 valence electrons. The van der Waals surface area contributed by atoms with E-state index in [9.17, 15) is 28.4 Å². The Morgan fingerprint density at radius 2 is 1.92 bits per heavy atom. The van der Waals surface area contributed by atoms with Crippen molar-refractivity contribution in [2.45, 2.75) is 57.7 Å². The largest absolute Gasteiger partial charge is 0.444 e. The fraction of sp³-hybridized carbons (Fsp3) is 0.423. The van der Waals surface area contributed by atoms with E-state index in [0.29, 0.717) is 24.8 Å². The molecule has 3 amide bonds. The molecule has 1 aromatic heterocycles. The summed E-state index contributed by atoms with van der Waals surface area (Å²) in [5.41, 5.74) is -1.00. The van der Waals surface area contributed by atoms with Crippen LogP contribution in [0.25, 0.3) is 0 Å². The monoisotopic (exact) mass is 514 g/mol. The van der Waals surface area contributed by atoms with Gasteiger partial charge < -0.3 is 24.7 Å². The molecule has 10 nitrogen and oxygen atoms in total. The number of halogens is 1. The van der Waals surface area contributed by atoms with Crippen molar-refractivity contribution in [3.05, 3.63) is 64.3 Å². The number of anilines is 1. The molecule has 37 heavy (non-hydrogen) atoms. The minimum atomic E-state index is -1.14. The average Bonchev–Trinajstić information content (AvgIpc) is 3.22. The van der Waals surface area contributed by atoms with Crippen LogP contribution in [0.3, 0.4) is 0 Å². The first-order chi connectivity index (χ1) is 17.5. The quantitative estimate of drug-likeness (QED) is 0.440. The molecule has 1 saturated heterocycles. The number of nitrogens with one attached hydrogen (secondary N) is 3. The van der Waals surface area contributed by atoms with Crippen molar-refractivity contribution in [2.75, 3.05) is 11.9 Å². The predicted molar refractivity (Wildman–Crippen MR) is 133 cm³/mol. The molecular formula is C26H31FN4O6. The Morgan fingerprint density at radius 1 is 1.22 bits per heavy atom. The maximum atomic E-state index is 13.4. The molecule has 1 aliphatic heterocycles. The fourth-order valence-electron chi connectivity index (χ4n) is 4.03. The lowest BCUT2D eigenvalue weighted by atomic mass is 9.98. The number of carbonyl (C=O) groups is 4. The summed E-state index contributed by atoms with van der Waals surface area (Å²) in [4.78, 5) is 62.6. The Labute approximate surface area is 213 Å². The zero-order valence-electron chi connectivity index (χ0n) is 21.0. The first-order valence-electron chi connectivity index (χ1n) is 12.0. The van der Waals surface area contributed by atoms with E-state index in [1.165, 1.54) is 42.6 Å². The van der Waals surface area contributed by atoms with Crippen LogP contribution < -0.4 is 21.5 Å². The minimum Gasteiger partial charge on any atom is -0.444 e. The second-order valence-corrected chi connectivity index (χ2v) is 9.87. The summed E-state index contributed by atoms with van der Waals surface area (Å²) in [6.45, 7) is 5.54. The van der Waals surface area contributed by atoms with E-state index >= 15 is 0 Å². The molecule has 3 atom stereocenters. The van der Waals surface area contributed by atoms with Gasteiger partial charge in [0, 0.05) is 25.1 Å². The highest BCUT2D eigenvalue weighted by Gasteiger charge is 2.30. The molecule has 0 bridgehead atoms. The minimum absolute atomic E-state index is 0.00258. The Hall–Kier alpha value is -4.02. The first kappa shape index (κ1) is 27.6. The standard InChI is InChI=1S/C26H31FN4O6/c1-26(2,3)37-25(36)30-20-5-4-12-31(24(20)35)21(13-16-6-8-18(27)9-7-16)23(34)29-19(15-32)14-17-10-11-28-22(17)33/h4-9,12,15,17,19,21H,10-11,13-14H2,1-3H3,(H,28,33)(H,29,34)(H,30,36)/t17-,19-,21-/m0/s1. The van der Waals surface area contributed by atoms with Gasteiger partial charge in [-0.2, -0.15) is 0 Å². The zero-order valence-corrected chi connectivity index (χ0v) is 21.0. The van der Waals surface area contributed by atoms with Gasteiger partial charge in [0.2, 0.25) is 11.8 Å². The van der Waals surface area contributed by atoms with Crippen molar-refractivity contribution in [1.82, 2.24) is 15.2 Å². The van der Waals surface area contributed by atoms with Gasteiger partial charge in [0.1, 0.15) is 29.4 Å². The summed E-state index contributed by atoms with van der Waals surface area (Å²) in [6, 6.07) is 6.23. The van der Waals surface area contributed by atoms with Crippen molar-refractivity contribution in [2.24, 2.45) is 5.92 Å². The molecular weight excluding hydrogens is 483 g/mol. The SMILES string of the molecule is CC(C)(C)OC(=O)Nc1cccn([C@@H](Cc2ccc(F)cc2)C(=O)N[C@H](C=O)C[C@@H]2CCNC2=O)c1=O. The second-order valence-electron chi connectivity index (χ2n) is 9.87. The Kier molecular flexibility index (Phi) is 8.80. The number of aldehydes is 1. The lowest BCUT2D eigenvalue weighted by molar-refractivity contribution is -0.128. The molecule has 1 aliphatic rings. The van der Waals surface area contributed by atoms with Crippen LogP contribution in [0.2, 0.25) is 0 Å². The zero-order chi connectivity index (χ0) is 27.2. The molecule has 0 saturated carbocycles. The topological polar surface area (TPSA) is 136 Å². The van der Waals surface area contributed by atoms with Crippen LogP contribution in [0.5, 0.6) is 0 Å². The van der Waals surface area contributed by atoms with E-state index in [4.69, 9.17) is 4.74 Å². The normalized spacial score (nSPS) is 16.9. The summed E-state index contributed by atoms with van der Waals surface area (Å²) in [7, 11) is 0. The van der Waals surface area contributed by atoms with Gasteiger partial charge in [-0.05, 0) is 63.4 Å². The Balaban J connectivity index is 1.89. The van der Waals surface area contributed by atoms with Gasteiger partial charge in [-0.3, -0.25) is 19.7 Å². The molecule has 1 fully saturated rings. The number of pyridine rings is 1. The van der Waals surface area contributed by atoms with Gasteiger partial charge in [-0.25, -0.2) is 9.18 Å². The van der Waals surface area contributed by atoms with E-state index < -0.39 is 47.0 Å². The van der Waals surface area contributed by atoms with Crippen molar-refractivity contribution < 1.29 is 28.3 Å². The maximum absolute atomic E-state index is 13.4. The van der Waals surface area contributed by atoms with Crippen molar-refractivity contribution in [3.63, 3.8) is 0 Å². The van der Waals surface area contributed by atoms with Crippen LogP contribution in [-0.2, 0) is 25.5 Å². The van der Waals surface area contributed by atoms with Gasteiger partial charge in [-0.1, -0.05) is 12.1 Å². The smallest absolute Gasteiger partial charge is 0.412 e. The predicted octanol–water partition coefficient (Wildman–Crippen LogP) is 2.33. The van der Waals surface area contributed by atoms with E-state index in [1.807, 2.05) is 0 Å². The number of rotatable bonds is 9. The van der Waals surface area contributed by atoms with Crippen LogP contribution in [0.1, 0.15) is 45.2 Å². The molecule has 2 aromatic rings.